The normalized spacial score (nSPS) is 12.4. The van der Waals surface area contributed by atoms with Crippen molar-refractivity contribution in [2.45, 2.75) is 18.5 Å². The van der Waals surface area contributed by atoms with E-state index in [1.54, 1.807) is 23.5 Å². The number of hydrogen-bond donors (Lipinski definition) is 2. The summed E-state index contributed by atoms with van der Waals surface area (Å²) < 4.78 is 38.0. The average molecular weight is 419 g/mol. The van der Waals surface area contributed by atoms with Gasteiger partial charge in [-0.1, -0.05) is 30.3 Å². The van der Waals surface area contributed by atoms with Crippen molar-refractivity contribution in [2.75, 3.05) is 5.32 Å². The number of alkyl halides is 3. The molecule has 0 aliphatic heterocycles. The lowest BCUT2D eigenvalue weighted by atomic mass is 9.94. The molecular weight excluding hydrogens is 403 g/mol. The summed E-state index contributed by atoms with van der Waals surface area (Å²) in [6.45, 7) is 0. The van der Waals surface area contributed by atoms with E-state index >= 15 is 0 Å². The topological polar surface area (TPSA) is 66.4 Å². The van der Waals surface area contributed by atoms with Crippen LogP contribution in [0.5, 0.6) is 0 Å². The summed E-state index contributed by atoms with van der Waals surface area (Å²) in [4.78, 5) is 24.9. The van der Waals surface area contributed by atoms with Gasteiger partial charge in [-0.3, -0.25) is 9.59 Å². The fourth-order valence-electron chi connectivity index (χ4n) is 2.81. The van der Waals surface area contributed by atoms with E-state index in [0.717, 1.165) is 34.7 Å². The van der Waals surface area contributed by atoms with Crippen LogP contribution >= 0.6 is 11.3 Å². The largest absolute Gasteiger partial charge is 0.481 e. The Morgan fingerprint density at radius 2 is 1.66 bits per heavy atom. The molecule has 1 amide bonds. The molecule has 0 fully saturated rings. The number of anilines is 1. The Morgan fingerprint density at radius 3 is 2.17 bits per heavy atom. The summed E-state index contributed by atoms with van der Waals surface area (Å²) in [5.41, 5.74) is 0.757. The maximum Gasteiger partial charge on any atom is 0.416 e. The second-order valence-electron chi connectivity index (χ2n) is 6.32. The number of hydrogen-bond acceptors (Lipinski definition) is 3. The first-order valence-corrected chi connectivity index (χ1v) is 9.46. The molecular formula is C21H16F3NO3S. The zero-order chi connectivity index (χ0) is 21.0. The van der Waals surface area contributed by atoms with Gasteiger partial charge in [-0.05, 0) is 46.8 Å². The minimum absolute atomic E-state index is 0.133. The average Bonchev–Trinajstić information content (AvgIpc) is 3.21. The van der Waals surface area contributed by atoms with Crippen LogP contribution in [0.3, 0.4) is 0 Å². The maximum absolute atomic E-state index is 12.7. The number of amides is 1. The summed E-state index contributed by atoms with van der Waals surface area (Å²) in [5.74, 6) is -3.07. The number of thiophene rings is 1. The van der Waals surface area contributed by atoms with Crippen LogP contribution in [-0.4, -0.2) is 17.0 Å². The number of benzene rings is 2. The molecule has 1 heterocycles. The van der Waals surface area contributed by atoms with Crippen LogP contribution in [0.15, 0.2) is 66.0 Å². The molecule has 0 bridgehead atoms. The van der Waals surface area contributed by atoms with Crippen molar-refractivity contribution in [1.82, 2.24) is 0 Å². The zero-order valence-corrected chi connectivity index (χ0v) is 15.8. The third kappa shape index (κ3) is 5.23. The van der Waals surface area contributed by atoms with Gasteiger partial charge in [0.2, 0.25) is 5.91 Å². The van der Waals surface area contributed by atoms with Crippen LogP contribution in [0, 0.1) is 0 Å². The third-order valence-electron chi connectivity index (χ3n) is 4.30. The van der Waals surface area contributed by atoms with Crippen molar-refractivity contribution in [1.29, 1.82) is 0 Å². The summed E-state index contributed by atoms with van der Waals surface area (Å²) in [6, 6.07) is 14.8. The van der Waals surface area contributed by atoms with Gasteiger partial charge in [-0.2, -0.15) is 13.2 Å². The molecule has 0 radical (unpaired) electrons. The van der Waals surface area contributed by atoms with Crippen molar-refractivity contribution in [2.24, 2.45) is 0 Å². The highest BCUT2D eigenvalue weighted by atomic mass is 32.1. The summed E-state index contributed by atoms with van der Waals surface area (Å²) in [6.07, 6.45) is -4.91. The van der Waals surface area contributed by atoms with Crippen LogP contribution in [0.4, 0.5) is 18.9 Å². The zero-order valence-electron chi connectivity index (χ0n) is 14.9. The van der Waals surface area contributed by atoms with E-state index in [1.165, 1.54) is 0 Å². The van der Waals surface area contributed by atoms with Gasteiger partial charge < -0.3 is 10.4 Å². The number of carboxylic acid groups (broad SMARTS) is 1. The molecule has 3 rings (SSSR count). The van der Waals surface area contributed by atoms with Gasteiger partial charge in [-0.15, -0.1) is 11.3 Å². The lowest BCUT2D eigenvalue weighted by molar-refractivity contribution is -0.140. The monoisotopic (exact) mass is 419 g/mol. The van der Waals surface area contributed by atoms with Gasteiger partial charge in [0.15, 0.2) is 0 Å². The molecule has 2 aromatic carbocycles. The van der Waals surface area contributed by atoms with Gasteiger partial charge in [0.25, 0.3) is 0 Å². The summed E-state index contributed by atoms with van der Waals surface area (Å²) in [7, 11) is 0. The molecule has 3 aromatic rings. The fraction of sp³-hybridized carbons (Fsp3) is 0.143. The SMILES string of the molecule is O=C(CC(C(=O)O)c1ccc(C(F)(F)F)cc1)Nc1ccc(-c2cccs2)cc1. The molecule has 4 nitrogen and oxygen atoms in total. The van der Waals surface area contributed by atoms with Crippen LogP contribution in [0.2, 0.25) is 0 Å². The first-order valence-electron chi connectivity index (χ1n) is 8.58. The Kier molecular flexibility index (Phi) is 6.03. The second kappa shape index (κ2) is 8.48. The highest BCUT2D eigenvalue weighted by molar-refractivity contribution is 7.13. The van der Waals surface area contributed by atoms with E-state index in [4.69, 9.17) is 0 Å². The standard InChI is InChI=1S/C21H16F3NO3S/c22-21(23,24)15-7-3-13(4-8-15)17(20(27)28)12-19(26)25-16-9-5-14(6-10-16)18-2-1-11-29-18/h1-11,17H,12H2,(H,25,26)(H,27,28). The van der Waals surface area contributed by atoms with Gasteiger partial charge in [0.1, 0.15) is 0 Å². The Morgan fingerprint density at radius 1 is 1.00 bits per heavy atom. The second-order valence-corrected chi connectivity index (χ2v) is 7.27. The number of aliphatic carboxylic acids is 1. The third-order valence-corrected chi connectivity index (χ3v) is 5.22. The van der Waals surface area contributed by atoms with Crippen LogP contribution in [0.25, 0.3) is 10.4 Å². The molecule has 0 aliphatic carbocycles. The van der Waals surface area contributed by atoms with E-state index in [9.17, 15) is 27.9 Å². The highest BCUT2D eigenvalue weighted by Gasteiger charge is 2.31. The number of carboxylic acids is 1. The van der Waals surface area contributed by atoms with E-state index in [1.807, 2.05) is 29.6 Å². The van der Waals surface area contributed by atoms with Crippen LogP contribution in [0.1, 0.15) is 23.5 Å². The highest BCUT2D eigenvalue weighted by Crippen LogP contribution is 2.31. The number of rotatable bonds is 6. The number of carbonyl (C=O) groups is 2. The number of halogens is 3. The molecule has 29 heavy (non-hydrogen) atoms. The molecule has 0 saturated heterocycles. The molecule has 2 N–H and O–H groups in total. The maximum atomic E-state index is 12.7. The van der Waals surface area contributed by atoms with Gasteiger partial charge in [0, 0.05) is 17.0 Å². The Labute approximate surface area is 168 Å². The predicted octanol–water partition coefficient (Wildman–Crippen LogP) is 5.63. The van der Waals surface area contributed by atoms with E-state index in [0.29, 0.717) is 5.69 Å². The minimum atomic E-state index is -4.51. The lowest BCUT2D eigenvalue weighted by Gasteiger charge is -2.14. The molecule has 1 aromatic heterocycles. The van der Waals surface area contributed by atoms with Gasteiger partial charge in [-0.25, -0.2) is 0 Å². The minimum Gasteiger partial charge on any atom is -0.481 e. The molecule has 150 valence electrons. The molecule has 0 spiro atoms. The quantitative estimate of drug-likeness (QED) is 0.544. The first kappa shape index (κ1) is 20.6. The Hall–Kier alpha value is -3.13. The number of nitrogens with one attached hydrogen (secondary N) is 1. The van der Waals surface area contributed by atoms with Crippen molar-refractivity contribution in [3.8, 4) is 10.4 Å². The fourth-order valence-corrected chi connectivity index (χ4v) is 3.54. The smallest absolute Gasteiger partial charge is 0.416 e. The van der Waals surface area contributed by atoms with Crippen molar-refractivity contribution < 1.29 is 27.9 Å². The Balaban J connectivity index is 1.67. The summed E-state index contributed by atoms with van der Waals surface area (Å²) in [5, 5.41) is 14.0. The first-order chi connectivity index (χ1) is 13.7. The Bertz CT molecular complexity index is 982. The molecule has 0 saturated carbocycles. The molecule has 8 heteroatoms. The van der Waals surface area contributed by atoms with E-state index in [-0.39, 0.29) is 5.56 Å². The van der Waals surface area contributed by atoms with Crippen molar-refractivity contribution in [3.05, 3.63) is 77.2 Å². The van der Waals surface area contributed by atoms with Gasteiger partial charge >= 0.3 is 12.1 Å². The molecule has 0 aliphatic rings. The van der Waals surface area contributed by atoms with E-state index in [2.05, 4.69) is 5.32 Å². The number of carbonyl (C=O) groups excluding carboxylic acids is 1. The molecule has 1 atom stereocenters. The lowest BCUT2D eigenvalue weighted by Crippen LogP contribution is -2.21. The van der Waals surface area contributed by atoms with E-state index < -0.39 is 36.0 Å². The summed E-state index contributed by atoms with van der Waals surface area (Å²) >= 11 is 1.58. The van der Waals surface area contributed by atoms with Gasteiger partial charge in [0.05, 0.1) is 11.5 Å². The van der Waals surface area contributed by atoms with Crippen LogP contribution in [-0.2, 0) is 15.8 Å². The predicted molar refractivity (Wildman–Crippen MR) is 105 cm³/mol. The van der Waals surface area contributed by atoms with Crippen molar-refractivity contribution >= 4 is 28.9 Å². The van der Waals surface area contributed by atoms with Crippen LogP contribution < -0.4 is 5.32 Å². The molecule has 1 unspecified atom stereocenters. The van der Waals surface area contributed by atoms with Crippen molar-refractivity contribution in [3.63, 3.8) is 0 Å².